The third kappa shape index (κ3) is 2.92. The van der Waals surface area contributed by atoms with Crippen LogP contribution < -0.4 is 5.32 Å². The summed E-state index contributed by atoms with van der Waals surface area (Å²) >= 11 is 0. The highest BCUT2D eigenvalue weighted by Gasteiger charge is 2.54. The van der Waals surface area contributed by atoms with Gasteiger partial charge in [-0.05, 0) is 56.2 Å². The predicted octanol–water partition coefficient (Wildman–Crippen LogP) is 2.39. The molecule has 5 nitrogen and oxygen atoms in total. The molecule has 6 heteroatoms. The van der Waals surface area contributed by atoms with Crippen LogP contribution in [0.15, 0.2) is 24.3 Å². The van der Waals surface area contributed by atoms with E-state index >= 15 is 0 Å². The molecule has 134 valence electrons. The second-order valence-corrected chi connectivity index (χ2v) is 7.71. The zero-order valence-corrected chi connectivity index (χ0v) is 14.0. The van der Waals surface area contributed by atoms with Gasteiger partial charge in [-0.3, -0.25) is 9.59 Å². The first-order valence-electron chi connectivity index (χ1n) is 8.88. The molecule has 1 aromatic carbocycles. The molecule has 0 aromatic heterocycles. The third-order valence-electron chi connectivity index (χ3n) is 5.98. The largest absolute Gasteiger partial charge is 0.481 e. The van der Waals surface area contributed by atoms with Crippen molar-refractivity contribution in [2.45, 2.75) is 55.6 Å². The quantitative estimate of drug-likeness (QED) is 0.858. The van der Waals surface area contributed by atoms with Crippen molar-refractivity contribution in [3.8, 4) is 0 Å². The smallest absolute Gasteiger partial charge is 0.306 e. The Morgan fingerprint density at radius 3 is 2.68 bits per heavy atom. The molecule has 1 heterocycles. The molecule has 3 aliphatic rings. The highest BCUT2D eigenvalue weighted by molar-refractivity contribution is 5.91. The molecule has 3 fully saturated rings. The van der Waals surface area contributed by atoms with Gasteiger partial charge in [0.05, 0.1) is 23.0 Å². The summed E-state index contributed by atoms with van der Waals surface area (Å²) in [7, 11) is 0. The number of halogens is 1. The lowest BCUT2D eigenvalue weighted by Crippen LogP contribution is -2.48. The second-order valence-electron chi connectivity index (χ2n) is 7.71. The summed E-state index contributed by atoms with van der Waals surface area (Å²) < 4.78 is 19.5. The van der Waals surface area contributed by atoms with E-state index in [9.17, 15) is 14.0 Å². The van der Waals surface area contributed by atoms with Crippen LogP contribution in [0.1, 0.15) is 44.1 Å². The van der Waals surface area contributed by atoms with E-state index < -0.39 is 11.4 Å². The van der Waals surface area contributed by atoms with E-state index in [-0.39, 0.29) is 29.3 Å². The molecular formula is C19H22FNO4. The molecule has 25 heavy (non-hydrogen) atoms. The van der Waals surface area contributed by atoms with E-state index in [0.717, 1.165) is 31.2 Å². The molecule has 1 amide bonds. The average molecular weight is 347 g/mol. The predicted molar refractivity (Wildman–Crippen MR) is 87.5 cm³/mol. The van der Waals surface area contributed by atoms with Gasteiger partial charge in [-0.15, -0.1) is 0 Å². The zero-order valence-electron chi connectivity index (χ0n) is 14.0. The Labute approximate surface area is 145 Å². The van der Waals surface area contributed by atoms with Crippen molar-refractivity contribution < 1.29 is 23.8 Å². The number of aliphatic carboxylic acids is 1. The van der Waals surface area contributed by atoms with Crippen molar-refractivity contribution in [1.82, 2.24) is 5.32 Å². The summed E-state index contributed by atoms with van der Waals surface area (Å²) in [5.74, 6) is -1.44. The van der Waals surface area contributed by atoms with E-state index in [1.54, 1.807) is 12.1 Å². The second kappa shape index (κ2) is 5.80. The minimum absolute atomic E-state index is 0.0676. The molecule has 1 unspecified atom stereocenters. The van der Waals surface area contributed by atoms with Crippen LogP contribution in [0.2, 0.25) is 0 Å². The molecule has 2 N–H and O–H groups in total. The number of ether oxygens (including phenoxy) is 1. The van der Waals surface area contributed by atoms with Gasteiger partial charge in [0.25, 0.3) is 0 Å². The summed E-state index contributed by atoms with van der Waals surface area (Å²) in [4.78, 5) is 23.6. The first kappa shape index (κ1) is 16.5. The maximum absolute atomic E-state index is 13.4. The van der Waals surface area contributed by atoms with Crippen LogP contribution in [0.5, 0.6) is 0 Å². The van der Waals surface area contributed by atoms with Gasteiger partial charge in [-0.2, -0.15) is 0 Å². The number of hydrogen-bond acceptors (Lipinski definition) is 3. The summed E-state index contributed by atoms with van der Waals surface area (Å²) in [6.45, 7) is 0.426. The summed E-state index contributed by atoms with van der Waals surface area (Å²) in [6.07, 6.45) is 4.23. The van der Waals surface area contributed by atoms with Gasteiger partial charge in [0, 0.05) is 6.54 Å². The van der Waals surface area contributed by atoms with Gasteiger partial charge in [0.15, 0.2) is 0 Å². The Balaban J connectivity index is 1.31. The summed E-state index contributed by atoms with van der Waals surface area (Å²) in [6, 6.07) is 6.26. The van der Waals surface area contributed by atoms with E-state index in [1.807, 2.05) is 0 Å². The fraction of sp³-hybridized carbons (Fsp3) is 0.579. The Bertz CT molecular complexity index is 709. The molecule has 1 atom stereocenters. The van der Waals surface area contributed by atoms with Gasteiger partial charge in [0.2, 0.25) is 5.91 Å². The number of hydrogen-bond donors (Lipinski definition) is 2. The average Bonchev–Trinajstić information content (AvgIpc) is 3.24. The van der Waals surface area contributed by atoms with Crippen molar-refractivity contribution in [2.24, 2.45) is 5.92 Å². The van der Waals surface area contributed by atoms with E-state index in [0.29, 0.717) is 19.4 Å². The topological polar surface area (TPSA) is 75.6 Å². The van der Waals surface area contributed by atoms with Crippen LogP contribution in [0.25, 0.3) is 0 Å². The van der Waals surface area contributed by atoms with E-state index in [4.69, 9.17) is 9.84 Å². The van der Waals surface area contributed by atoms with Crippen LogP contribution in [0, 0.1) is 11.7 Å². The van der Waals surface area contributed by atoms with Crippen molar-refractivity contribution >= 4 is 11.9 Å². The van der Waals surface area contributed by atoms with Crippen LogP contribution >= 0.6 is 0 Å². The number of carbonyl (C=O) groups excluding carboxylic acids is 1. The number of benzene rings is 1. The summed E-state index contributed by atoms with van der Waals surface area (Å²) in [5.41, 5.74) is -0.154. The lowest BCUT2D eigenvalue weighted by atomic mass is 9.69. The monoisotopic (exact) mass is 347 g/mol. The summed E-state index contributed by atoms with van der Waals surface area (Å²) in [5, 5.41) is 12.0. The molecule has 1 spiro atoms. The molecular weight excluding hydrogens is 325 g/mol. The number of nitrogens with one attached hydrogen (secondary N) is 1. The first-order valence-corrected chi connectivity index (χ1v) is 8.88. The minimum Gasteiger partial charge on any atom is -0.481 e. The molecule has 0 bridgehead atoms. The number of carbonyl (C=O) groups is 2. The molecule has 2 saturated carbocycles. The SMILES string of the molecule is O=C(O)C1CC2(CCC(CNC(=O)C3(c4cccc(F)c4)CC3)O2)C1. The van der Waals surface area contributed by atoms with Gasteiger partial charge >= 0.3 is 5.97 Å². The fourth-order valence-corrected chi connectivity index (χ4v) is 4.29. The molecule has 1 aromatic rings. The van der Waals surface area contributed by atoms with Crippen molar-refractivity contribution in [2.75, 3.05) is 6.54 Å². The lowest BCUT2D eigenvalue weighted by molar-refractivity contribution is -0.165. The Kier molecular flexibility index (Phi) is 3.83. The van der Waals surface area contributed by atoms with Gasteiger partial charge < -0.3 is 15.2 Å². The van der Waals surface area contributed by atoms with E-state index in [2.05, 4.69) is 5.32 Å². The van der Waals surface area contributed by atoms with Crippen molar-refractivity contribution in [3.63, 3.8) is 0 Å². The highest BCUT2D eigenvalue weighted by atomic mass is 19.1. The highest BCUT2D eigenvalue weighted by Crippen LogP contribution is 2.50. The van der Waals surface area contributed by atoms with Gasteiger partial charge in [0.1, 0.15) is 5.82 Å². The normalized spacial score (nSPS) is 32.2. The number of carboxylic acids is 1. The number of rotatable bonds is 5. The van der Waals surface area contributed by atoms with Crippen LogP contribution in [0.3, 0.4) is 0 Å². The standard InChI is InChI=1S/C19H22FNO4/c20-14-3-1-2-13(8-14)19(6-7-19)17(24)21-11-15-4-5-18(25-15)9-12(10-18)16(22)23/h1-3,8,12,15H,4-7,9-11H2,(H,21,24)(H,22,23). The minimum atomic E-state index is -0.753. The van der Waals surface area contributed by atoms with Crippen molar-refractivity contribution in [1.29, 1.82) is 0 Å². The third-order valence-corrected chi connectivity index (χ3v) is 5.98. The molecule has 1 aliphatic heterocycles. The van der Waals surface area contributed by atoms with Crippen molar-refractivity contribution in [3.05, 3.63) is 35.6 Å². The number of carboxylic acid groups (broad SMARTS) is 1. The molecule has 4 rings (SSSR count). The molecule has 2 aliphatic carbocycles. The molecule has 0 radical (unpaired) electrons. The first-order chi connectivity index (χ1) is 11.9. The maximum Gasteiger partial charge on any atom is 0.306 e. The van der Waals surface area contributed by atoms with Gasteiger partial charge in [-0.1, -0.05) is 12.1 Å². The number of amides is 1. The van der Waals surface area contributed by atoms with Crippen LogP contribution in [-0.2, 0) is 19.7 Å². The van der Waals surface area contributed by atoms with Crippen LogP contribution in [0.4, 0.5) is 4.39 Å². The molecule has 1 saturated heterocycles. The van der Waals surface area contributed by atoms with E-state index in [1.165, 1.54) is 12.1 Å². The zero-order chi connectivity index (χ0) is 17.7. The van der Waals surface area contributed by atoms with Crippen LogP contribution in [-0.4, -0.2) is 35.2 Å². The Morgan fingerprint density at radius 2 is 2.04 bits per heavy atom. The Hall–Kier alpha value is -1.95. The fourth-order valence-electron chi connectivity index (χ4n) is 4.29. The maximum atomic E-state index is 13.4. The lowest BCUT2D eigenvalue weighted by Gasteiger charge is -2.42. The van der Waals surface area contributed by atoms with Gasteiger partial charge in [-0.25, -0.2) is 4.39 Å². The Morgan fingerprint density at radius 1 is 1.28 bits per heavy atom.